The van der Waals surface area contributed by atoms with Crippen molar-refractivity contribution in [1.82, 2.24) is 9.13 Å². The second kappa shape index (κ2) is 7.81. The molecule has 0 spiro atoms. The molecule has 0 aliphatic heterocycles. The molecule has 0 aliphatic carbocycles. The Bertz CT molecular complexity index is 1120. The molecule has 28 heavy (non-hydrogen) atoms. The van der Waals surface area contributed by atoms with E-state index in [0.29, 0.717) is 10.6 Å². The van der Waals surface area contributed by atoms with Crippen LogP contribution in [0.5, 0.6) is 0 Å². The molecule has 1 aromatic heterocycles. The normalized spacial score (nSPS) is 11.9. The zero-order chi connectivity index (χ0) is 20.5. The van der Waals surface area contributed by atoms with Crippen LogP contribution in [0.25, 0.3) is 11.0 Å². The minimum Gasteiger partial charge on any atom is -0.383 e. The number of ether oxygens (including phenoxy) is 1. The molecule has 148 valence electrons. The highest BCUT2D eigenvalue weighted by Crippen LogP contribution is 2.31. The largest absolute Gasteiger partial charge is 0.416 e. The van der Waals surface area contributed by atoms with Gasteiger partial charge >= 0.3 is 17.3 Å². The third kappa shape index (κ3) is 3.98. The van der Waals surface area contributed by atoms with Crippen LogP contribution < -0.4 is 11.1 Å². The third-order valence-electron chi connectivity index (χ3n) is 4.33. The Morgan fingerprint density at radius 2 is 1.61 bits per heavy atom. The summed E-state index contributed by atoms with van der Waals surface area (Å²) < 4.78 is 46.8. The molecule has 0 radical (unpaired) electrons. The zero-order valence-corrected chi connectivity index (χ0v) is 15.5. The summed E-state index contributed by atoms with van der Waals surface area (Å²) in [5, 5.41) is 0.482. The molecule has 0 atom stereocenters. The molecule has 0 aliphatic rings. The van der Waals surface area contributed by atoms with Gasteiger partial charge in [0.05, 0.1) is 29.7 Å². The minimum absolute atomic E-state index is 0.0190. The molecule has 0 saturated heterocycles. The van der Waals surface area contributed by atoms with Crippen LogP contribution in [0.15, 0.2) is 52.1 Å². The van der Waals surface area contributed by atoms with Crippen molar-refractivity contribution in [2.75, 3.05) is 13.7 Å². The minimum atomic E-state index is -4.58. The van der Waals surface area contributed by atoms with Crippen LogP contribution in [0.3, 0.4) is 0 Å². The van der Waals surface area contributed by atoms with E-state index in [9.17, 15) is 22.8 Å². The molecular formula is C19H16ClF3N2O3. The molecule has 0 saturated carbocycles. The number of aromatic nitrogens is 2. The summed E-state index contributed by atoms with van der Waals surface area (Å²) in [7, 11) is 1.43. The smallest absolute Gasteiger partial charge is 0.383 e. The van der Waals surface area contributed by atoms with E-state index >= 15 is 0 Å². The summed E-state index contributed by atoms with van der Waals surface area (Å²) >= 11 is 5.85. The molecule has 0 bridgehead atoms. The van der Waals surface area contributed by atoms with Crippen LogP contribution in [-0.2, 0) is 24.0 Å². The number of methoxy groups -OCH3 is 1. The zero-order valence-electron chi connectivity index (χ0n) is 14.8. The maximum atomic E-state index is 13.2. The quantitative estimate of drug-likeness (QED) is 0.602. The van der Waals surface area contributed by atoms with Gasteiger partial charge in [-0.2, -0.15) is 13.2 Å². The molecule has 0 N–H and O–H groups in total. The number of nitrogens with zero attached hydrogens (tertiary/aromatic N) is 2. The van der Waals surface area contributed by atoms with E-state index < -0.39 is 22.9 Å². The number of halogens is 4. The Kier molecular flexibility index (Phi) is 5.62. The van der Waals surface area contributed by atoms with Gasteiger partial charge in [-0.25, -0.2) is 0 Å². The van der Waals surface area contributed by atoms with E-state index in [0.717, 1.165) is 21.3 Å². The first-order valence-corrected chi connectivity index (χ1v) is 8.68. The first kappa shape index (κ1) is 20.2. The molecule has 3 rings (SSSR count). The Balaban J connectivity index is 2.28. The maximum Gasteiger partial charge on any atom is 0.416 e. The monoisotopic (exact) mass is 412 g/mol. The third-order valence-corrected chi connectivity index (χ3v) is 4.58. The molecule has 1 heterocycles. The summed E-state index contributed by atoms with van der Waals surface area (Å²) in [4.78, 5) is 25.2. The topological polar surface area (TPSA) is 53.2 Å². The summed E-state index contributed by atoms with van der Waals surface area (Å²) in [6.45, 7) is 0.124. The van der Waals surface area contributed by atoms with Crippen molar-refractivity contribution in [2.24, 2.45) is 0 Å². The highest BCUT2D eigenvalue weighted by molar-refractivity contribution is 6.30. The van der Waals surface area contributed by atoms with Crippen LogP contribution in [0.2, 0.25) is 5.02 Å². The maximum absolute atomic E-state index is 13.2. The summed E-state index contributed by atoms with van der Waals surface area (Å²) in [6.07, 6.45) is -4.58. The predicted octanol–water partition coefficient (Wildman–Crippen LogP) is 3.53. The van der Waals surface area contributed by atoms with Crippen LogP contribution in [0, 0.1) is 0 Å². The van der Waals surface area contributed by atoms with Crippen LogP contribution >= 0.6 is 11.6 Å². The van der Waals surface area contributed by atoms with Crippen molar-refractivity contribution < 1.29 is 17.9 Å². The van der Waals surface area contributed by atoms with E-state index in [-0.39, 0.29) is 30.7 Å². The number of hydrogen-bond acceptors (Lipinski definition) is 3. The number of benzene rings is 2. The Labute approximate surface area is 162 Å². The second-order valence-corrected chi connectivity index (χ2v) is 6.61. The van der Waals surface area contributed by atoms with Crippen molar-refractivity contribution in [1.29, 1.82) is 0 Å². The van der Waals surface area contributed by atoms with Crippen molar-refractivity contribution in [3.63, 3.8) is 0 Å². The first-order valence-electron chi connectivity index (χ1n) is 8.30. The van der Waals surface area contributed by atoms with Crippen molar-refractivity contribution in [3.8, 4) is 0 Å². The second-order valence-electron chi connectivity index (χ2n) is 6.17. The van der Waals surface area contributed by atoms with Gasteiger partial charge in [-0.1, -0.05) is 23.7 Å². The molecule has 5 nitrogen and oxygen atoms in total. The van der Waals surface area contributed by atoms with Gasteiger partial charge in [-0.3, -0.25) is 18.7 Å². The lowest BCUT2D eigenvalue weighted by atomic mass is 10.1. The van der Waals surface area contributed by atoms with Crippen molar-refractivity contribution in [2.45, 2.75) is 19.3 Å². The SMILES string of the molecule is COCCn1c(=O)c(=O)n(Cc2ccc(Cl)cc2)c2cc(C(F)(F)F)ccc21. The van der Waals surface area contributed by atoms with E-state index in [2.05, 4.69) is 0 Å². The molecule has 3 aromatic rings. The molecule has 9 heteroatoms. The van der Waals surface area contributed by atoms with Crippen LogP contribution in [0.1, 0.15) is 11.1 Å². The van der Waals surface area contributed by atoms with Gasteiger partial charge in [0, 0.05) is 18.7 Å². The summed E-state index contributed by atoms with van der Waals surface area (Å²) in [6, 6.07) is 9.47. The van der Waals surface area contributed by atoms with Gasteiger partial charge < -0.3 is 4.74 Å². The average Bonchev–Trinajstić information content (AvgIpc) is 2.65. The first-order chi connectivity index (χ1) is 13.2. The lowest BCUT2D eigenvalue weighted by Crippen LogP contribution is -2.42. The summed E-state index contributed by atoms with van der Waals surface area (Å²) in [5.41, 5.74) is -1.76. The molecule has 0 fully saturated rings. The predicted molar refractivity (Wildman–Crippen MR) is 99.9 cm³/mol. The molecule has 0 amide bonds. The molecule has 0 unspecified atom stereocenters. The van der Waals surface area contributed by atoms with Crippen molar-refractivity contribution in [3.05, 3.63) is 79.3 Å². The van der Waals surface area contributed by atoms with Gasteiger partial charge in [-0.15, -0.1) is 0 Å². The van der Waals surface area contributed by atoms with Crippen molar-refractivity contribution >= 4 is 22.6 Å². The number of rotatable bonds is 5. The van der Waals surface area contributed by atoms with Gasteiger partial charge in [0.25, 0.3) is 0 Å². The number of alkyl halides is 3. The van der Waals surface area contributed by atoms with Gasteiger partial charge in [-0.05, 0) is 35.9 Å². The van der Waals surface area contributed by atoms with E-state index in [1.807, 2.05) is 0 Å². The average molecular weight is 413 g/mol. The fraction of sp³-hybridized carbons (Fsp3) is 0.263. The highest BCUT2D eigenvalue weighted by Gasteiger charge is 2.31. The standard InChI is InChI=1S/C19H16ClF3N2O3/c1-28-9-8-24-15-7-4-13(19(21,22)23)10-16(15)25(18(27)17(24)26)11-12-2-5-14(20)6-3-12/h2-7,10H,8-9,11H2,1H3. The van der Waals surface area contributed by atoms with E-state index in [1.54, 1.807) is 24.3 Å². The van der Waals surface area contributed by atoms with Gasteiger partial charge in [0.15, 0.2) is 0 Å². The Hall–Kier alpha value is -2.58. The Morgan fingerprint density at radius 1 is 0.964 bits per heavy atom. The lowest BCUT2D eigenvalue weighted by molar-refractivity contribution is -0.137. The molecular weight excluding hydrogens is 397 g/mol. The fourth-order valence-electron chi connectivity index (χ4n) is 2.93. The van der Waals surface area contributed by atoms with Crippen LogP contribution in [-0.4, -0.2) is 22.9 Å². The highest BCUT2D eigenvalue weighted by atomic mass is 35.5. The van der Waals surface area contributed by atoms with E-state index in [1.165, 1.54) is 13.2 Å². The fourth-order valence-corrected chi connectivity index (χ4v) is 3.05. The molecule has 2 aromatic carbocycles. The van der Waals surface area contributed by atoms with Gasteiger partial charge in [0.2, 0.25) is 0 Å². The number of hydrogen-bond donors (Lipinski definition) is 0. The number of fused-ring (bicyclic) bond motifs is 1. The summed E-state index contributed by atoms with van der Waals surface area (Å²) in [5.74, 6) is 0. The lowest BCUT2D eigenvalue weighted by Gasteiger charge is -2.17. The van der Waals surface area contributed by atoms with Crippen LogP contribution in [0.4, 0.5) is 13.2 Å². The Morgan fingerprint density at radius 3 is 2.21 bits per heavy atom. The van der Waals surface area contributed by atoms with E-state index in [4.69, 9.17) is 16.3 Å². The van der Waals surface area contributed by atoms with Gasteiger partial charge in [0.1, 0.15) is 0 Å².